The third-order valence-electron chi connectivity index (χ3n) is 5.21. The van der Waals surface area contributed by atoms with Crippen molar-refractivity contribution in [3.63, 3.8) is 0 Å². The van der Waals surface area contributed by atoms with E-state index in [0.717, 1.165) is 47.8 Å². The topological polar surface area (TPSA) is 61.4 Å². The number of fused-ring (bicyclic) bond motifs is 1. The molecule has 0 unspecified atom stereocenters. The minimum Gasteiger partial charge on any atom is -0.356 e. The van der Waals surface area contributed by atoms with Gasteiger partial charge in [0.15, 0.2) is 0 Å². The molecule has 1 N–H and O–H groups in total. The predicted molar refractivity (Wildman–Crippen MR) is 119 cm³/mol. The summed E-state index contributed by atoms with van der Waals surface area (Å²) in [7, 11) is 4.08. The van der Waals surface area contributed by atoms with Gasteiger partial charge in [0.1, 0.15) is 16.5 Å². The van der Waals surface area contributed by atoms with E-state index in [4.69, 9.17) is 9.97 Å². The molecule has 0 radical (unpaired) electrons. The number of carbonyl (C=O) groups is 1. The first-order chi connectivity index (χ1) is 14.0. The number of rotatable bonds is 5. The number of hydrogen-bond acceptors (Lipinski definition) is 6. The zero-order valence-electron chi connectivity index (χ0n) is 17.2. The third-order valence-corrected chi connectivity index (χ3v) is 6.08. The molecular weight excluding hydrogens is 382 g/mol. The molecule has 1 amide bonds. The summed E-state index contributed by atoms with van der Waals surface area (Å²) in [5, 5.41) is 6.39. The molecule has 6 nitrogen and oxygen atoms in total. The van der Waals surface area contributed by atoms with Crippen LogP contribution in [-0.2, 0) is 11.3 Å². The average molecular weight is 410 g/mol. The lowest BCUT2D eigenvalue weighted by atomic mass is 10.0. The van der Waals surface area contributed by atoms with Crippen molar-refractivity contribution in [2.45, 2.75) is 32.4 Å². The molecular formula is C22H27N5OS. The zero-order valence-corrected chi connectivity index (χ0v) is 18.0. The molecule has 152 valence electrons. The first-order valence-corrected chi connectivity index (χ1v) is 10.9. The molecule has 1 aliphatic heterocycles. The minimum absolute atomic E-state index is 0.0466. The number of benzene rings is 1. The highest BCUT2D eigenvalue weighted by atomic mass is 32.1. The summed E-state index contributed by atoms with van der Waals surface area (Å²) < 4.78 is 0. The third kappa shape index (κ3) is 4.41. The zero-order chi connectivity index (χ0) is 20.4. The van der Waals surface area contributed by atoms with Crippen molar-refractivity contribution in [1.82, 2.24) is 20.2 Å². The lowest BCUT2D eigenvalue weighted by Crippen LogP contribution is -2.44. The Morgan fingerprint density at radius 1 is 1.21 bits per heavy atom. The monoisotopic (exact) mass is 409 g/mol. The van der Waals surface area contributed by atoms with Gasteiger partial charge in [-0.1, -0.05) is 30.3 Å². The first-order valence-electron chi connectivity index (χ1n) is 10.0. The Labute approximate surface area is 175 Å². The molecule has 1 aliphatic rings. The van der Waals surface area contributed by atoms with Crippen LogP contribution in [-0.4, -0.2) is 54.0 Å². The van der Waals surface area contributed by atoms with E-state index < -0.39 is 0 Å². The molecule has 29 heavy (non-hydrogen) atoms. The van der Waals surface area contributed by atoms with Crippen LogP contribution in [0.15, 0.2) is 35.7 Å². The number of nitrogens with one attached hydrogen (secondary N) is 1. The van der Waals surface area contributed by atoms with Gasteiger partial charge < -0.3 is 15.1 Å². The van der Waals surface area contributed by atoms with Gasteiger partial charge in [-0.3, -0.25) is 4.79 Å². The fourth-order valence-corrected chi connectivity index (χ4v) is 4.86. The highest BCUT2D eigenvalue weighted by molar-refractivity contribution is 7.17. The summed E-state index contributed by atoms with van der Waals surface area (Å²) in [6, 6.07) is 10.7. The highest BCUT2D eigenvalue weighted by Crippen LogP contribution is 2.39. The summed E-state index contributed by atoms with van der Waals surface area (Å²) in [5.41, 5.74) is 2.39. The van der Waals surface area contributed by atoms with Crippen LogP contribution in [0.2, 0.25) is 0 Å². The number of thiophene rings is 1. The Hall–Kier alpha value is -2.51. The van der Waals surface area contributed by atoms with Crippen molar-refractivity contribution >= 4 is 33.3 Å². The van der Waals surface area contributed by atoms with E-state index in [0.29, 0.717) is 6.54 Å². The summed E-state index contributed by atoms with van der Waals surface area (Å²) in [6.07, 6.45) is 1.86. The van der Waals surface area contributed by atoms with Crippen LogP contribution < -0.4 is 10.2 Å². The molecule has 4 rings (SSSR count). The normalized spacial score (nSPS) is 15.2. The Morgan fingerprint density at radius 3 is 2.59 bits per heavy atom. The van der Waals surface area contributed by atoms with Crippen molar-refractivity contribution in [3.8, 4) is 11.1 Å². The van der Waals surface area contributed by atoms with Gasteiger partial charge in [0, 0.05) is 37.0 Å². The van der Waals surface area contributed by atoms with Gasteiger partial charge in [-0.05, 0) is 32.5 Å². The van der Waals surface area contributed by atoms with E-state index in [1.807, 2.05) is 20.2 Å². The van der Waals surface area contributed by atoms with Gasteiger partial charge in [0.05, 0.1) is 11.9 Å². The second kappa shape index (κ2) is 8.47. The number of nitrogens with zero attached hydrogens (tertiary/aromatic N) is 4. The predicted octanol–water partition coefficient (Wildman–Crippen LogP) is 3.52. The van der Waals surface area contributed by atoms with Gasteiger partial charge in [-0.25, -0.2) is 9.97 Å². The Balaban J connectivity index is 1.74. The second-order valence-corrected chi connectivity index (χ2v) is 8.72. The quantitative estimate of drug-likeness (QED) is 0.699. The number of anilines is 1. The maximum Gasteiger partial charge on any atom is 0.217 e. The van der Waals surface area contributed by atoms with E-state index >= 15 is 0 Å². The number of amides is 1. The number of aromatic nitrogens is 2. The van der Waals surface area contributed by atoms with E-state index in [1.165, 1.54) is 11.1 Å². The van der Waals surface area contributed by atoms with Gasteiger partial charge in [-0.2, -0.15) is 0 Å². The molecule has 0 atom stereocenters. The SMILES string of the molecule is CC(=O)NC1CCN(c2nc(CN(C)C)nc3scc(-c4ccccc4)c23)CC1. The average Bonchev–Trinajstić information content (AvgIpc) is 3.12. The van der Waals surface area contributed by atoms with E-state index in [2.05, 4.69) is 44.8 Å². The minimum atomic E-state index is 0.0466. The molecule has 0 spiro atoms. The van der Waals surface area contributed by atoms with E-state index in [-0.39, 0.29) is 11.9 Å². The summed E-state index contributed by atoms with van der Waals surface area (Å²) >= 11 is 1.68. The number of carbonyl (C=O) groups excluding carboxylic acids is 1. The maximum atomic E-state index is 11.4. The standard InChI is InChI=1S/C22H27N5OS/c1-15(28)23-17-9-11-27(12-10-17)21-20-18(16-7-5-4-6-8-16)14-29-22(20)25-19(24-21)13-26(2)3/h4-8,14,17H,9-13H2,1-3H3,(H,23,28). The van der Waals surface area contributed by atoms with Crippen LogP contribution in [0.3, 0.4) is 0 Å². The fourth-order valence-electron chi connectivity index (χ4n) is 3.90. The van der Waals surface area contributed by atoms with Crippen LogP contribution in [0.25, 0.3) is 21.3 Å². The second-order valence-electron chi connectivity index (χ2n) is 7.86. The summed E-state index contributed by atoms with van der Waals surface area (Å²) in [5.74, 6) is 1.92. The highest BCUT2D eigenvalue weighted by Gasteiger charge is 2.25. The lowest BCUT2D eigenvalue weighted by molar-refractivity contribution is -0.119. The van der Waals surface area contributed by atoms with Crippen LogP contribution in [0.4, 0.5) is 5.82 Å². The van der Waals surface area contributed by atoms with Crippen LogP contribution >= 0.6 is 11.3 Å². The Bertz CT molecular complexity index is 993. The van der Waals surface area contributed by atoms with Gasteiger partial charge >= 0.3 is 0 Å². The molecule has 7 heteroatoms. The van der Waals surface area contributed by atoms with Gasteiger partial charge in [0.2, 0.25) is 5.91 Å². The van der Waals surface area contributed by atoms with Crippen molar-refractivity contribution in [3.05, 3.63) is 41.5 Å². The molecule has 3 heterocycles. The maximum absolute atomic E-state index is 11.4. The van der Waals surface area contributed by atoms with Gasteiger partial charge in [0.25, 0.3) is 0 Å². The number of hydrogen-bond donors (Lipinski definition) is 1. The van der Waals surface area contributed by atoms with Crippen LogP contribution in [0, 0.1) is 0 Å². The molecule has 2 aromatic heterocycles. The smallest absolute Gasteiger partial charge is 0.217 e. The molecule has 0 aliphatic carbocycles. The molecule has 1 fully saturated rings. The molecule has 0 bridgehead atoms. The van der Waals surface area contributed by atoms with Gasteiger partial charge in [-0.15, -0.1) is 11.3 Å². The fraction of sp³-hybridized carbons (Fsp3) is 0.409. The molecule has 1 saturated heterocycles. The van der Waals surface area contributed by atoms with E-state index in [9.17, 15) is 4.79 Å². The van der Waals surface area contributed by atoms with Crippen LogP contribution in [0.1, 0.15) is 25.6 Å². The summed E-state index contributed by atoms with van der Waals surface area (Å²) in [4.78, 5) is 26.8. The number of piperidine rings is 1. The van der Waals surface area contributed by atoms with Crippen LogP contribution in [0.5, 0.6) is 0 Å². The first kappa shape index (κ1) is 19.8. The molecule has 1 aromatic carbocycles. The Kier molecular flexibility index (Phi) is 5.78. The molecule has 0 saturated carbocycles. The van der Waals surface area contributed by atoms with Crippen molar-refractivity contribution in [2.24, 2.45) is 0 Å². The van der Waals surface area contributed by atoms with Crippen molar-refractivity contribution < 1.29 is 4.79 Å². The molecule has 3 aromatic rings. The van der Waals surface area contributed by atoms with Crippen molar-refractivity contribution in [2.75, 3.05) is 32.1 Å². The Morgan fingerprint density at radius 2 is 1.93 bits per heavy atom. The lowest BCUT2D eigenvalue weighted by Gasteiger charge is -2.33. The van der Waals surface area contributed by atoms with E-state index in [1.54, 1.807) is 18.3 Å². The largest absolute Gasteiger partial charge is 0.356 e. The van der Waals surface area contributed by atoms with Crippen molar-refractivity contribution in [1.29, 1.82) is 0 Å². The summed E-state index contributed by atoms with van der Waals surface area (Å²) in [6.45, 7) is 4.06.